The van der Waals surface area contributed by atoms with E-state index in [1.54, 1.807) is 0 Å². The molecule has 0 aliphatic carbocycles. The van der Waals surface area contributed by atoms with Crippen molar-refractivity contribution in [3.05, 3.63) is 12.3 Å². The molecule has 1 atom stereocenters. The van der Waals surface area contributed by atoms with Crippen molar-refractivity contribution in [1.82, 2.24) is 0 Å². The van der Waals surface area contributed by atoms with Crippen molar-refractivity contribution in [3.63, 3.8) is 0 Å². The summed E-state index contributed by atoms with van der Waals surface area (Å²) in [6.45, 7) is 2.84. The van der Waals surface area contributed by atoms with Crippen molar-refractivity contribution in [1.29, 1.82) is 0 Å². The molecule has 0 amide bonds. The number of nitrogens with zero attached hydrogens (tertiary/aromatic N) is 1. The van der Waals surface area contributed by atoms with Crippen molar-refractivity contribution in [3.8, 4) is 0 Å². The fourth-order valence-electron chi connectivity index (χ4n) is 0.764. The summed E-state index contributed by atoms with van der Waals surface area (Å²) in [6.07, 6.45) is 6.76. The SMILES string of the molecule is CC1(CN)C=CN=CC1. The van der Waals surface area contributed by atoms with E-state index in [4.69, 9.17) is 5.73 Å². The Morgan fingerprint density at radius 3 is 2.89 bits per heavy atom. The van der Waals surface area contributed by atoms with Gasteiger partial charge in [-0.2, -0.15) is 0 Å². The van der Waals surface area contributed by atoms with Gasteiger partial charge in [0.1, 0.15) is 0 Å². The summed E-state index contributed by atoms with van der Waals surface area (Å²) in [5, 5.41) is 0. The molecule has 0 saturated heterocycles. The minimum absolute atomic E-state index is 0.168. The Hall–Kier alpha value is -0.630. The summed E-state index contributed by atoms with van der Waals surface area (Å²) in [7, 11) is 0. The highest BCUT2D eigenvalue weighted by Gasteiger charge is 2.18. The average molecular weight is 124 g/mol. The van der Waals surface area contributed by atoms with E-state index < -0.39 is 0 Å². The molecule has 1 rings (SSSR count). The molecule has 0 bridgehead atoms. The van der Waals surface area contributed by atoms with Crippen molar-refractivity contribution in [2.24, 2.45) is 16.1 Å². The lowest BCUT2D eigenvalue weighted by molar-refractivity contribution is 0.459. The maximum absolute atomic E-state index is 5.52. The van der Waals surface area contributed by atoms with Crippen LogP contribution in [0, 0.1) is 5.41 Å². The fraction of sp³-hybridized carbons (Fsp3) is 0.571. The molecule has 2 heteroatoms. The van der Waals surface area contributed by atoms with Crippen LogP contribution in [0.25, 0.3) is 0 Å². The van der Waals surface area contributed by atoms with Gasteiger partial charge >= 0.3 is 0 Å². The van der Waals surface area contributed by atoms with Crippen LogP contribution in [0.3, 0.4) is 0 Å². The van der Waals surface area contributed by atoms with E-state index in [0.29, 0.717) is 6.54 Å². The lowest BCUT2D eigenvalue weighted by atomic mass is 9.86. The fourth-order valence-corrected chi connectivity index (χ4v) is 0.764. The van der Waals surface area contributed by atoms with Crippen molar-refractivity contribution in [2.75, 3.05) is 6.54 Å². The van der Waals surface area contributed by atoms with Gasteiger partial charge < -0.3 is 5.73 Å². The lowest BCUT2D eigenvalue weighted by Gasteiger charge is -2.22. The van der Waals surface area contributed by atoms with E-state index in [0.717, 1.165) is 6.42 Å². The molecule has 1 heterocycles. The number of rotatable bonds is 1. The van der Waals surface area contributed by atoms with Crippen LogP contribution in [-0.2, 0) is 0 Å². The molecule has 1 unspecified atom stereocenters. The predicted octanol–water partition coefficient (Wildman–Crippen LogP) is 0.940. The molecule has 0 saturated carbocycles. The highest BCUT2D eigenvalue weighted by Crippen LogP contribution is 2.22. The van der Waals surface area contributed by atoms with Crippen LogP contribution in [0.4, 0.5) is 0 Å². The summed E-state index contributed by atoms with van der Waals surface area (Å²) < 4.78 is 0. The van der Waals surface area contributed by atoms with E-state index in [1.165, 1.54) is 0 Å². The third kappa shape index (κ3) is 1.39. The zero-order chi connectivity index (χ0) is 6.74. The molecule has 2 nitrogen and oxygen atoms in total. The molecular formula is C7H12N2. The van der Waals surface area contributed by atoms with E-state index in [9.17, 15) is 0 Å². The van der Waals surface area contributed by atoms with E-state index in [-0.39, 0.29) is 5.41 Å². The Bertz CT molecular complexity index is 149. The number of hydrogen-bond acceptors (Lipinski definition) is 2. The van der Waals surface area contributed by atoms with Crippen molar-refractivity contribution >= 4 is 6.21 Å². The molecule has 1 aliphatic rings. The minimum atomic E-state index is 0.168. The summed E-state index contributed by atoms with van der Waals surface area (Å²) >= 11 is 0. The van der Waals surface area contributed by atoms with Crippen LogP contribution in [0.15, 0.2) is 17.3 Å². The van der Waals surface area contributed by atoms with Gasteiger partial charge in [0.05, 0.1) is 0 Å². The molecule has 50 valence electrons. The number of hydrogen-bond donors (Lipinski definition) is 1. The van der Waals surface area contributed by atoms with Gasteiger partial charge in [0.15, 0.2) is 0 Å². The van der Waals surface area contributed by atoms with Crippen LogP contribution < -0.4 is 5.73 Å². The summed E-state index contributed by atoms with van der Waals surface area (Å²) in [4.78, 5) is 3.96. The molecule has 0 spiro atoms. The molecule has 1 aliphatic heterocycles. The Morgan fingerprint density at radius 2 is 2.56 bits per heavy atom. The van der Waals surface area contributed by atoms with Gasteiger partial charge in [-0.25, -0.2) is 0 Å². The highest BCUT2D eigenvalue weighted by atomic mass is 14.7. The predicted molar refractivity (Wildman–Crippen MR) is 39.4 cm³/mol. The standard InChI is InChI=1S/C7H12N2/c1-7(6-8)2-4-9-5-3-7/h2,4-5H,3,6,8H2,1H3. The lowest BCUT2D eigenvalue weighted by Crippen LogP contribution is -2.26. The third-order valence-corrected chi connectivity index (χ3v) is 1.69. The second-order valence-corrected chi connectivity index (χ2v) is 2.71. The largest absolute Gasteiger partial charge is 0.330 e. The molecule has 0 aromatic carbocycles. The smallest absolute Gasteiger partial charge is 0.0230 e. The maximum Gasteiger partial charge on any atom is 0.0230 e. The van der Waals surface area contributed by atoms with Gasteiger partial charge in [0.2, 0.25) is 0 Å². The first kappa shape index (κ1) is 6.49. The summed E-state index contributed by atoms with van der Waals surface area (Å²) in [5.41, 5.74) is 5.69. The van der Waals surface area contributed by atoms with Crippen LogP contribution >= 0.6 is 0 Å². The average Bonchev–Trinajstić information content (AvgIpc) is 1.90. The van der Waals surface area contributed by atoms with Gasteiger partial charge in [0.25, 0.3) is 0 Å². The zero-order valence-electron chi connectivity index (χ0n) is 5.67. The molecule has 0 fully saturated rings. The van der Waals surface area contributed by atoms with Crippen LogP contribution in [0.1, 0.15) is 13.3 Å². The molecule has 9 heavy (non-hydrogen) atoms. The first-order valence-corrected chi connectivity index (χ1v) is 3.16. The second-order valence-electron chi connectivity index (χ2n) is 2.71. The van der Waals surface area contributed by atoms with Crippen LogP contribution in [0.2, 0.25) is 0 Å². The quantitative estimate of drug-likeness (QED) is 0.555. The van der Waals surface area contributed by atoms with Crippen molar-refractivity contribution in [2.45, 2.75) is 13.3 Å². The Balaban J connectivity index is 2.63. The molecule has 0 aromatic heterocycles. The normalized spacial score (nSPS) is 33.1. The summed E-state index contributed by atoms with van der Waals surface area (Å²) in [6, 6.07) is 0. The topological polar surface area (TPSA) is 38.4 Å². The Morgan fingerprint density at radius 1 is 1.78 bits per heavy atom. The van der Waals surface area contributed by atoms with Gasteiger partial charge in [-0.3, -0.25) is 4.99 Å². The monoisotopic (exact) mass is 124 g/mol. The number of aliphatic imine (C=N–C) groups is 1. The number of nitrogens with two attached hydrogens (primary N) is 1. The first-order valence-electron chi connectivity index (χ1n) is 3.16. The van der Waals surface area contributed by atoms with Gasteiger partial charge in [0, 0.05) is 24.4 Å². The summed E-state index contributed by atoms with van der Waals surface area (Å²) in [5.74, 6) is 0. The first-order chi connectivity index (χ1) is 4.27. The molecule has 0 aromatic rings. The van der Waals surface area contributed by atoms with E-state index in [2.05, 4.69) is 18.0 Å². The highest BCUT2D eigenvalue weighted by molar-refractivity contribution is 5.61. The van der Waals surface area contributed by atoms with Gasteiger partial charge in [-0.1, -0.05) is 13.0 Å². The van der Waals surface area contributed by atoms with E-state index in [1.807, 2.05) is 12.4 Å². The third-order valence-electron chi connectivity index (χ3n) is 1.69. The molecular weight excluding hydrogens is 112 g/mol. The van der Waals surface area contributed by atoms with Gasteiger partial charge in [-0.05, 0) is 6.42 Å². The minimum Gasteiger partial charge on any atom is -0.330 e. The van der Waals surface area contributed by atoms with E-state index >= 15 is 0 Å². The van der Waals surface area contributed by atoms with Crippen LogP contribution in [0.5, 0.6) is 0 Å². The van der Waals surface area contributed by atoms with Crippen LogP contribution in [-0.4, -0.2) is 12.8 Å². The zero-order valence-corrected chi connectivity index (χ0v) is 5.67. The Kier molecular flexibility index (Phi) is 1.67. The van der Waals surface area contributed by atoms with Crippen molar-refractivity contribution < 1.29 is 0 Å². The second kappa shape index (κ2) is 2.31. The molecule has 0 radical (unpaired) electrons. The Labute approximate surface area is 55.5 Å². The van der Waals surface area contributed by atoms with Gasteiger partial charge in [-0.15, -0.1) is 0 Å². The molecule has 2 N–H and O–H groups in total. The maximum atomic E-state index is 5.52.